The Hall–Kier alpha value is -0.257. The number of carbonyl (C=O) groups is 2. The third-order valence-electron chi connectivity index (χ3n) is 0.673. The molecule has 0 rings (SSSR count). The van der Waals surface area contributed by atoms with Gasteiger partial charge in [-0.1, -0.05) is 13.0 Å². The SMILES string of the molecule is CC(O)C(=O)[O-].CC([O-])C(=O)[O-].[Bi+3]. The molecule has 0 heterocycles. The zero-order valence-electron chi connectivity index (χ0n) is 7.09. The Labute approximate surface area is 94.3 Å². The zero-order valence-corrected chi connectivity index (χ0v) is 10.6. The van der Waals surface area contributed by atoms with Crippen LogP contribution in [0.5, 0.6) is 0 Å². The van der Waals surface area contributed by atoms with E-state index in [0.717, 1.165) is 13.8 Å². The molecule has 0 aliphatic heterocycles. The van der Waals surface area contributed by atoms with Crippen LogP contribution in [0.3, 0.4) is 0 Å². The molecule has 0 fully saturated rings. The third-order valence-corrected chi connectivity index (χ3v) is 0.673. The fraction of sp³-hybridized carbons (Fsp3) is 0.667. The van der Waals surface area contributed by atoms with Crippen LogP contribution in [0.2, 0.25) is 0 Å². The van der Waals surface area contributed by atoms with Gasteiger partial charge in [-0.3, -0.25) is 0 Å². The van der Waals surface area contributed by atoms with Crippen LogP contribution in [0.1, 0.15) is 13.8 Å². The number of aliphatic carboxylic acids is 2. The number of carboxylic acids is 2. The summed E-state index contributed by atoms with van der Waals surface area (Å²) in [6.07, 6.45) is -2.94. The normalized spacial score (nSPS) is 12.6. The quantitative estimate of drug-likeness (QED) is 0.476. The van der Waals surface area contributed by atoms with Gasteiger partial charge >= 0.3 is 26.2 Å². The van der Waals surface area contributed by atoms with E-state index in [2.05, 4.69) is 0 Å². The summed E-state index contributed by atoms with van der Waals surface area (Å²) < 4.78 is 0. The first-order valence-electron chi connectivity index (χ1n) is 3.04. The van der Waals surface area contributed by atoms with Gasteiger partial charge in [-0.15, -0.1) is 0 Å². The van der Waals surface area contributed by atoms with Crippen LogP contribution in [0.25, 0.3) is 0 Å². The second-order valence-corrected chi connectivity index (χ2v) is 1.96. The minimum Gasteiger partial charge on any atom is -0.848 e. The van der Waals surface area contributed by atoms with Crippen LogP contribution in [0.4, 0.5) is 0 Å². The van der Waals surface area contributed by atoms with E-state index in [0.29, 0.717) is 0 Å². The number of hydrogen-bond acceptors (Lipinski definition) is 6. The maximum absolute atomic E-state index is 9.56. The maximum atomic E-state index is 9.56. The van der Waals surface area contributed by atoms with Crippen molar-refractivity contribution in [2.75, 3.05) is 0 Å². The van der Waals surface area contributed by atoms with Gasteiger partial charge in [-0.05, 0) is 6.92 Å². The van der Waals surface area contributed by atoms with E-state index >= 15 is 0 Å². The molecule has 7 heteroatoms. The van der Waals surface area contributed by atoms with Crippen molar-refractivity contribution in [1.29, 1.82) is 0 Å². The molecule has 6 nitrogen and oxygen atoms in total. The molecule has 0 aliphatic carbocycles. The topological polar surface area (TPSA) is 124 Å². The fourth-order valence-corrected chi connectivity index (χ4v) is 0. The Morgan fingerprint density at radius 3 is 1.31 bits per heavy atom. The monoisotopic (exact) mass is 386 g/mol. The Kier molecular flexibility index (Phi) is 14.0. The number of carbonyl (C=O) groups excluding carboxylic acids is 2. The second kappa shape index (κ2) is 9.83. The molecule has 0 saturated heterocycles. The Morgan fingerprint density at radius 2 is 1.31 bits per heavy atom. The summed E-state index contributed by atoms with van der Waals surface area (Å²) >= 11 is 0. The summed E-state index contributed by atoms with van der Waals surface area (Å²) in [4.78, 5) is 18.6. The molecule has 0 aromatic carbocycles. The molecule has 2 radical (unpaired) electrons. The first-order chi connectivity index (χ1) is 5.29. The largest absolute Gasteiger partial charge is 3.00 e. The van der Waals surface area contributed by atoms with E-state index in [4.69, 9.17) is 5.11 Å². The second-order valence-electron chi connectivity index (χ2n) is 1.96. The number of hydrogen-bond donors (Lipinski definition) is 1. The van der Waals surface area contributed by atoms with Crippen molar-refractivity contribution in [2.24, 2.45) is 0 Å². The van der Waals surface area contributed by atoms with Crippen molar-refractivity contribution in [3.05, 3.63) is 0 Å². The van der Waals surface area contributed by atoms with Crippen LogP contribution in [-0.2, 0) is 9.59 Å². The van der Waals surface area contributed by atoms with Gasteiger partial charge in [0.25, 0.3) is 0 Å². The van der Waals surface area contributed by atoms with Crippen LogP contribution in [0.15, 0.2) is 0 Å². The molecule has 0 aliphatic rings. The summed E-state index contributed by atoms with van der Waals surface area (Å²) in [6, 6.07) is 0. The minimum absolute atomic E-state index is 0. The van der Waals surface area contributed by atoms with E-state index in [-0.39, 0.29) is 26.2 Å². The van der Waals surface area contributed by atoms with Crippen molar-refractivity contribution in [3.63, 3.8) is 0 Å². The van der Waals surface area contributed by atoms with Crippen molar-refractivity contribution in [2.45, 2.75) is 26.1 Å². The molecular weight excluding hydrogens is 377 g/mol. The molecule has 0 aromatic rings. The standard InChI is InChI=1S/C3H6O3.C3H5O3.Bi/c2*1-2(4)3(5)6;/h2,4H,1H3,(H,5,6);2H,1H3,(H,5,6);/q;-1;+3/p-2. The smallest absolute Gasteiger partial charge is 0.848 e. The molecule has 2 unspecified atom stereocenters. The van der Waals surface area contributed by atoms with E-state index in [1.807, 2.05) is 0 Å². The molecule has 0 amide bonds. The number of aliphatic hydroxyl groups is 1. The predicted molar refractivity (Wildman–Crippen MR) is 36.9 cm³/mol. The molecule has 0 spiro atoms. The molecule has 0 aromatic heterocycles. The van der Waals surface area contributed by atoms with E-state index < -0.39 is 24.1 Å². The molecular formula is C6H9BiO6. The van der Waals surface area contributed by atoms with Gasteiger partial charge in [0.15, 0.2) is 0 Å². The number of rotatable bonds is 2. The van der Waals surface area contributed by atoms with Gasteiger partial charge in [0.2, 0.25) is 0 Å². The van der Waals surface area contributed by atoms with Crippen LogP contribution >= 0.6 is 0 Å². The van der Waals surface area contributed by atoms with Crippen LogP contribution in [0, 0.1) is 0 Å². The third kappa shape index (κ3) is 18.6. The Bertz CT molecular complexity index is 137. The van der Waals surface area contributed by atoms with E-state index in [1.165, 1.54) is 0 Å². The van der Waals surface area contributed by atoms with Crippen molar-refractivity contribution >= 4 is 38.1 Å². The van der Waals surface area contributed by atoms with E-state index in [9.17, 15) is 24.9 Å². The molecule has 74 valence electrons. The van der Waals surface area contributed by atoms with Gasteiger partial charge in [-0.2, -0.15) is 0 Å². The van der Waals surface area contributed by atoms with Crippen molar-refractivity contribution in [3.8, 4) is 0 Å². The minimum atomic E-state index is -1.59. The average Bonchev–Trinajstić information content (AvgIpc) is 1.88. The van der Waals surface area contributed by atoms with Gasteiger partial charge in [0.1, 0.15) is 0 Å². The summed E-state index contributed by atoms with van der Waals surface area (Å²) in [5, 5.41) is 36.1. The first-order valence-corrected chi connectivity index (χ1v) is 3.04. The fourth-order valence-electron chi connectivity index (χ4n) is 0. The molecule has 13 heavy (non-hydrogen) atoms. The maximum Gasteiger partial charge on any atom is 3.00 e. The average molecular weight is 386 g/mol. The van der Waals surface area contributed by atoms with Crippen molar-refractivity contribution < 1.29 is 30.0 Å². The first kappa shape index (κ1) is 18.5. The zero-order chi connectivity index (χ0) is 10.3. The van der Waals surface area contributed by atoms with Gasteiger partial charge in [0, 0.05) is 5.97 Å². The number of carboxylic acid groups (broad SMARTS) is 2. The van der Waals surface area contributed by atoms with Crippen molar-refractivity contribution in [1.82, 2.24) is 0 Å². The molecule has 0 saturated carbocycles. The predicted octanol–water partition coefficient (Wildman–Crippen LogP) is -4.78. The summed E-state index contributed by atoms with van der Waals surface area (Å²) in [5.41, 5.74) is 0. The van der Waals surface area contributed by atoms with Gasteiger partial charge in [0.05, 0.1) is 12.1 Å². The summed E-state index contributed by atoms with van der Waals surface area (Å²) in [5.74, 6) is -2.98. The molecule has 1 N–H and O–H groups in total. The molecule has 0 bridgehead atoms. The van der Waals surface area contributed by atoms with Gasteiger partial charge in [-0.25, -0.2) is 0 Å². The van der Waals surface area contributed by atoms with Crippen LogP contribution in [-0.4, -0.2) is 55.5 Å². The Balaban J connectivity index is -0.000000143. The Morgan fingerprint density at radius 1 is 1.15 bits per heavy atom. The van der Waals surface area contributed by atoms with E-state index in [1.54, 1.807) is 0 Å². The van der Waals surface area contributed by atoms with Gasteiger partial charge < -0.3 is 30.0 Å². The summed E-state index contributed by atoms with van der Waals surface area (Å²) in [7, 11) is 0. The summed E-state index contributed by atoms with van der Waals surface area (Å²) in [6.45, 7) is 2.16. The molecule has 2 atom stereocenters. The number of aliphatic hydroxyl groups excluding tert-OH is 1. The van der Waals surface area contributed by atoms with Crippen LogP contribution < -0.4 is 15.3 Å².